The second-order valence-corrected chi connectivity index (χ2v) is 5.55. The number of aryl methyl sites for hydroxylation is 1. The summed E-state index contributed by atoms with van der Waals surface area (Å²) in [6.45, 7) is 3.56. The number of rotatable bonds is 3. The molecule has 6 nitrogen and oxygen atoms in total. The van der Waals surface area contributed by atoms with Crippen LogP contribution < -0.4 is 10.6 Å². The first-order chi connectivity index (χ1) is 9.99. The largest absolute Gasteiger partial charge is 0.348 e. The van der Waals surface area contributed by atoms with Crippen LogP contribution in [0.15, 0.2) is 12.1 Å². The first-order valence-electron chi connectivity index (χ1n) is 7.20. The molecule has 1 fully saturated rings. The Kier molecular flexibility index (Phi) is 4.90. The van der Waals surface area contributed by atoms with Crippen molar-refractivity contribution in [2.45, 2.75) is 25.8 Å². The number of amides is 2. The van der Waals surface area contributed by atoms with Crippen LogP contribution in [0.2, 0.25) is 0 Å². The van der Waals surface area contributed by atoms with Crippen molar-refractivity contribution in [2.24, 2.45) is 0 Å². The second-order valence-electron chi connectivity index (χ2n) is 5.55. The molecule has 114 valence electrons. The van der Waals surface area contributed by atoms with Crippen LogP contribution in [0.4, 0.5) is 0 Å². The van der Waals surface area contributed by atoms with Gasteiger partial charge in [-0.1, -0.05) is 0 Å². The standard InChI is InChI=1S/C15H22N4O2/c1-10-12(6-7-13(17-10)15(21)19(2)3)14(20)18-11-5-4-8-16-9-11/h6-7,11,16H,4-5,8-9H2,1-3H3,(H,18,20)/t11-/m0/s1. The van der Waals surface area contributed by atoms with Gasteiger partial charge in [-0.25, -0.2) is 4.98 Å². The van der Waals surface area contributed by atoms with E-state index in [2.05, 4.69) is 15.6 Å². The summed E-state index contributed by atoms with van der Waals surface area (Å²) in [5.41, 5.74) is 1.45. The minimum absolute atomic E-state index is 0.127. The highest BCUT2D eigenvalue weighted by Gasteiger charge is 2.19. The summed E-state index contributed by atoms with van der Waals surface area (Å²) in [6, 6.07) is 3.43. The molecule has 1 aliphatic heterocycles. The van der Waals surface area contributed by atoms with E-state index in [1.807, 2.05) is 0 Å². The Bertz CT molecular complexity index is 536. The van der Waals surface area contributed by atoms with Crippen molar-refractivity contribution in [1.29, 1.82) is 0 Å². The summed E-state index contributed by atoms with van der Waals surface area (Å²) in [5, 5.41) is 6.27. The van der Waals surface area contributed by atoms with Gasteiger partial charge in [-0.15, -0.1) is 0 Å². The van der Waals surface area contributed by atoms with Crippen molar-refractivity contribution in [1.82, 2.24) is 20.5 Å². The molecule has 21 heavy (non-hydrogen) atoms. The average Bonchev–Trinajstić information content (AvgIpc) is 2.47. The fourth-order valence-electron chi connectivity index (χ4n) is 2.39. The van der Waals surface area contributed by atoms with E-state index in [1.54, 1.807) is 33.2 Å². The van der Waals surface area contributed by atoms with Gasteiger partial charge in [-0.2, -0.15) is 0 Å². The SMILES string of the molecule is Cc1nc(C(=O)N(C)C)ccc1C(=O)N[C@H]1CCCNC1. The quantitative estimate of drug-likeness (QED) is 0.853. The monoisotopic (exact) mass is 290 g/mol. The topological polar surface area (TPSA) is 74.3 Å². The van der Waals surface area contributed by atoms with Gasteiger partial charge in [0, 0.05) is 26.7 Å². The average molecular weight is 290 g/mol. The molecule has 1 aliphatic rings. The Morgan fingerprint density at radius 1 is 1.38 bits per heavy atom. The van der Waals surface area contributed by atoms with E-state index in [0.717, 1.165) is 25.9 Å². The van der Waals surface area contributed by atoms with Crippen LogP contribution in [0.5, 0.6) is 0 Å². The van der Waals surface area contributed by atoms with E-state index in [1.165, 1.54) is 4.90 Å². The third kappa shape index (κ3) is 3.78. The van der Waals surface area contributed by atoms with E-state index in [4.69, 9.17) is 0 Å². The van der Waals surface area contributed by atoms with Gasteiger partial charge >= 0.3 is 0 Å². The molecular weight excluding hydrogens is 268 g/mol. The molecule has 1 saturated heterocycles. The molecule has 0 unspecified atom stereocenters. The second kappa shape index (κ2) is 6.67. The maximum atomic E-state index is 12.3. The minimum atomic E-state index is -0.165. The van der Waals surface area contributed by atoms with Gasteiger partial charge in [-0.05, 0) is 38.4 Å². The molecule has 2 amide bonds. The van der Waals surface area contributed by atoms with E-state index in [9.17, 15) is 9.59 Å². The zero-order valence-electron chi connectivity index (χ0n) is 12.8. The number of aromatic nitrogens is 1. The molecule has 0 spiro atoms. The summed E-state index contributed by atoms with van der Waals surface area (Å²) in [7, 11) is 3.35. The molecule has 1 aromatic rings. The molecule has 1 atom stereocenters. The van der Waals surface area contributed by atoms with Crippen LogP contribution in [-0.2, 0) is 0 Å². The van der Waals surface area contributed by atoms with Crippen molar-refractivity contribution in [3.05, 3.63) is 29.1 Å². The highest BCUT2D eigenvalue weighted by molar-refractivity contribution is 5.97. The first kappa shape index (κ1) is 15.4. The third-order valence-corrected chi connectivity index (χ3v) is 3.59. The number of pyridine rings is 1. The molecule has 0 radical (unpaired) electrons. The molecule has 2 heterocycles. The van der Waals surface area contributed by atoms with Crippen LogP contribution in [0.1, 0.15) is 39.4 Å². The summed E-state index contributed by atoms with van der Waals surface area (Å²) >= 11 is 0. The molecule has 1 aromatic heterocycles. The van der Waals surface area contributed by atoms with Crippen molar-refractivity contribution in [3.63, 3.8) is 0 Å². The molecule has 2 N–H and O–H groups in total. The lowest BCUT2D eigenvalue weighted by atomic mass is 10.1. The van der Waals surface area contributed by atoms with Crippen LogP contribution in [-0.4, -0.2) is 54.9 Å². The van der Waals surface area contributed by atoms with Crippen LogP contribution in [0, 0.1) is 6.92 Å². The minimum Gasteiger partial charge on any atom is -0.348 e. The van der Waals surface area contributed by atoms with Gasteiger partial charge in [0.15, 0.2) is 0 Å². The van der Waals surface area contributed by atoms with Crippen LogP contribution in [0.25, 0.3) is 0 Å². The molecule has 0 aromatic carbocycles. The highest BCUT2D eigenvalue weighted by Crippen LogP contribution is 2.10. The molecule has 6 heteroatoms. The fourth-order valence-corrected chi connectivity index (χ4v) is 2.39. The predicted molar refractivity (Wildman–Crippen MR) is 80.3 cm³/mol. The number of hydrogen-bond acceptors (Lipinski definition) is 4. The first-order valence-corrected chi connectivity index (χ1v) is 7.20. The Morgan fingerprint density at radius 2 is 2.14 bits per heavy atom. The molecular formula is C15H22N4O2. The number of piperidine rings is 1. The molecule has 0 bridgehead atoms. The molecule has 0 aliphatic carbocycles. The lowest BCUT2D eigenvalue weighted by molar-refractivity contribution is 0.0820. The van der Waals surface area contributed by atoms with Gasteiger partial charge in [0.1, 0.15) is 5.69 Å². The maximum Gasteiger partial charge on any atom is 0.271 e. The third-order valence-electron chi connectivity index (χ3n) is 3.59. The van der Waals surface area contributed by atoms with Gasteiger partial charge in [0.05, 0.1) is 11.3 Å². The van der Waals surface area contributed by atoms with Crippen molar-refractivity contribution in [3.8, 4) is 0 Å². The van der Waals surface area contributed by atoms with Crippen LogP contribution >= 0.6 is 0 Å². The summed E-state index contributed by atoms with van der Waals surface area (Å²) in [6.07, 6.45) is 2.06. The van der Waals surface area contributed by atoms with Gasteiger partial charge in [0.25, 0.3) is 11.8 Å². The lowest BCUT2D eigenvalue weighted by Crippen LogP contribution is -2.45. The number of carbonyl (C=O) groups is 2. The maximum absolute atomic E-state index is 12.3. The van der Waals surface area contributed by atoms with E-state index in [-0.39, 0.29) is 17.9 Å². The zero-order valence-corrected chi connectivity index (χ0v) is 12.8. The fraction of sp³-hybridized carbons (Fsp3) is 0.533. The Morgan fingerprint density at radius 3 is 2.71 bits per heavy atom. The summed E-state index contributed by atoms with van der Waals surface area (Å²) in [5.74, 6) is -0.293. The summed E-state index contributed by atoms with van der Waals surface area (Å²) in [4.78, 5) is 29.8. The predicted octanol–water partition coefficient (Wildman–Crippen LogP) is 0.574. The van der Waals surface area contributed by atoms with Crippen molar-refractivity contribution in [2.75, 3.05) is 27.2 Å². The lowest BCUT2D eigenvalue weighted by Gasteiger charge is -2.24. The summed E-state index contributed by atoms with van der Waals surface area (Å²) < 4.78 is 0. The van der Waals surface area contributed by atoms with Crippen LogP contribution in [0.3, 0.4) is 0 Å². The van der Waals surface area contributed by atoms with Crippen molar-refractivity contribution < 1.29 is 9.59 Å². The van der Waals surface area contributed by atoms with Gasteiger partial charge in [0.2, 0.25) is 0 Å². The molecule has 2 rings (SSSR count). The Labute approximate surface area is 124 Å². The Balaban J connectivity index is 2.09. The van der Waals surface area contributed by atoms with Gasteiger partial charge < -0.3 is 15.5 Å². The smallest absolute Gasteiger partial charge is 0.271 e. The van der Waals surface area contributed by atoms with Gasteiger partial charge in [-0.3, -0.25) is 9.59 Å². The number of nitrogens with one attached hydrogen (secondary N) is 2. The molecule has 0 saturated carbocycles. The Hall–Kier alpha value is -1.95. The zero-order chi connectivity index (χ0) is 15.4. The van der Waals surface area contributed by atoms with E-state index in [0.29, 0.717) is 17.0 Å². The highest BCUT2D eigenvalue weighted by atomic mass is 16.2. The number of hydrogen-bond donors (Lipinski definition) is 2. The normalized spacial score (nSPS) is 18.1. The van der Waals surface area contributed by atoms with E-state index < -0.39 is 0 Å². The van der Waals surface area contributed by atoms with Crippen molar-refractivity contribution >= 4 is 11.8 Å². The number of nitrogens with zero attached hydrogens (tertiary/aromatic N) is 2. The van der Waals surface area contributed by atoms with E-state index >= 15 is 0 Å². The number of carbonyl (C=O) groups excluding carboxylic acids is 2.